The molecule has 0 aliphatic carbocycles. The third-order valence-corrected chi connectivity index (χ3v) is 7.00. The van der Waals surface area contributed by atoms with E-state index >= 15 is 0 Å². The molecule has 0 unspecified atom stereocenters. The van der Waals surface area contributed by atoms with E-state index in [1.807, 2.05) is 54.1 Å². The van der Waals surface area contributed by atoms with Crippen LogP contribution in [0, 0.1) is 0 Å². The summed E-state index contributed by atoms with van der Waals surface area (Å²) in [6.07, 6.45) is 6.29. The van der Waals surface area contributed by atoms with E-state index in [-0.39, 0.29) is 5.91 Å². The third kappa shape index (κ3) is 5.75. The summed E-state index contributed by atoms with van der Waals surface area (Å²) in [5.41, 5.74) is 1.48. The molecule has 0 aliphatic heterocycles. The van der Waals surface area contributed by atoms with Crippen molar-refractivity contribution < 1.29 is 9.53 Å². The first-order chi connectivity index (χ1) is 16.0. The summed E-state index contributed by atoms with van der Waals surface area (Å²) in [7, 11) is 0. The van der Waals surface area contributed by atoms with E-state index in [1.165, 1.54) is 11.3 Å². The molecule has 172 valence electrons. The van der Waals surface area contributed by atoms with Crippen molar-refractivity contribution in [3.63, 3.8) is 0 Å². The fourth-order valence-electron chi connectivity index (χ4n) is 3.54. The topological polar surface area (TPSA) is 60.2 Å². The molecule has 0 fully saturated rings. The lowest BCUT2D eigenvalue weighted by atomic mass is 10.2. The minimum absolute atomic E-state index is 0.0381. The molecule has 1 amide bonds. The number of benzene rings is 2. The van der Waals surface area contributed by atoms with Gasteiger partial charge in [0.25, 0.3) is 5.91 Å². The van der Waals surface area contributed by atoms with E-state index in [0.717, 1.165) is 33.8 Å². The van der Waals surface area contributed by atoms with Gasteiger partial charge in [0.1, 0.15) is 11.3 Å². The molecule has 0 aliphatic rings. The second kappa shape index (κ2) is 10.9. The third-order valence-electron chi connectivity index (χ3n) is 4.96. The van der Waals surface area contributed by atoms with Crippen molar-refractivity contribution in [2.45, 2.75) is 43.9 Å². The number of hydrogen-bond donors (Lipinski definition) is 0. The minimum atomic E-state index is -0.0381. The zero-order valence-corrected chi connectivity index (χ0v) is 20.7. The van der Waals surface area contributed by atoms with Gasteiger partial charge in [-0.05, 0) is 43.7 Å². The summed E-state index contributed by atoms with van der Waals surface area (Å²) in [4.78, 5) is 25.5. The van der Waals surface area contributed by atoms with E-state index in [0.29, 0.717) is 29.1 Å². The number of ether oxygens (including phenoxy) is 1. The lowest BCUT2D eigenvalue weighted by molar-refractivity contribution is 0.0986. The molecule has 4 aromatic rings. The van der Waals surface area contributed by atoms with Gasteiger partial charge in [0.15, 0.2) is 5.13 Å². The zero-order chi connectivity index (χ0) is 23.2. The number of nitrogens with zero attached hydrogens (tertiary/aromatic N) is 4. The first-order valence-electron chi connectivity index (χ1n) is 11.1. The Morgan fingerprint density at radius 1 is 1.24 bits per heavy atom. The van der Waals surface area contributed by atoms with Crippen molar-refractivity contribution in [3.05, 3.63) is 66.7 Å². The highest BCUT2D eigenvalue weighted by Gasteiger charge is 2.22. The van der Waals surface area contributed by atoms with Crippen LogP contribution in [0.25, 0.3) is 10.2 Å². The number of carbonyl (C=O) groups is 1. The summed E-state index contributed by atoms with van der Waals surface area (Å²) >= 11 is 3.28. The summed E-state index contributed by atoms with van der Waals surface area (Å²) in [5.74, 6) is 0.711. The number of hydrogen-bond acceptors (Lipinski definition) is 6. The molecule has 0 N–H and O–H groups in total. The Hall–Kier alpha value is -2.84. The standard InChI is InChI=1S/C25H28N4O2S2/c1-4-31-21-10-6-11-22-23(21)27-25(33-22)29(14-7-13-28-15-12-26-17-28)24(30)19-8-5-9-20(16-19)32-18(2)3/h5-6,8-12,15-18H,4,7,13-14H2,1-3H3. The predicted octanol–water partition coefficient (Wildman–Crippen LogP) is 6.13. The largest absolute Gasteiger partial charge is 0.492 e. The molecule has 4 rings (SSSR count). The van der Waals surface area contributed by atoms with E-state index in [2.05, 4.69) is 24.9 Å². The van der Waals surface area contributed by atoms with Crippen molar-refractivity contribution in [2.75, 3.05) is 18.1 Å². The van der Waals surface area contributed by atoms with Crippen LogP contribution in [0.5, 0.6) is 5.75 Å². The second-order valence-electron chi connectivity index (χ2n) is 7.84. The fourth-order valence-corrected chi connectivity index (χ4v) is 5.45. The van der Waals surface area contributed by atoms with Crippen LogP contribution in [0.15, 0.2) is 66.1 Å². The highest BCUT2D eigenvalue weighted by Crippen LogP contribution is 2.35. The van der Waals surface area contributed by atoms with Crippen molar-refractivity contribution >= 4 is 44.4 Å². The van der Waals surface area contributed by atoms with Gasteiger partial charge in [-0.25, -0.2) is 9.97 Å². The quantitative estimate of drug-likeness (QED) is 0.256. The predicted molar refractivity (Wildman–Crippen MR) is 137 cm³/mol. The maximum atomic E-state index is 13.7. The van der Waals surface area contributed by atoms with Crippen LogP contribution in [0.3, 0.4) is 0 Å². The van der Waals surface area contributed by atoms with Gasteiger partial charge in [-0.2, -0.15) is 0 Å². The SMILES string of the molecule is CCOc1cccc2sc(N(CCCn3ccnc3)C(=O)c3cccc(SC(C)C)c3)nc12. The summed E-state index contributed by atoms with van der Waals surface area (Å²) < 4.78 is 8.80. The first kappa shape index (κ1) is 23.3. The molecular weight excluding hydrogens is 452 g/mol. The highest BCUT2D eigenvalue weighted by molar-refractivity contribution is 7.99. The Balaban J connectivity index is 1.65. The molecule has 8 heteroatoms. The number of aromatic nitrogens is 3. The van der Waals surface area contributed by atoms with Crippen LogP contribution in [-0.4, -0.2) is 38.8 Å². The first-order valence-corrected chi connectivity index (χ1v) is 12.8. The summed E-state index contributed by atoms with van der Waals surface area (Å²) in [6, 6.07) is 13.8. The van der Waals surface area contributed by atoms with Crippen LogP contribution in [-0.2, 0) is 6.54 Å². The maximum Gasteiger partial charge on any atom is 0.260 e. The molecule has 0 saturated heterocycles. The van der Waals surface area contributed by atoms with E-state index in [1.54, 1.807) is 29.2 Å². The molecule has 33 heavy (non-hydrogen) atoms. The molecule has 0 saturated carbocycles. The molecule has 2 aromatic carbocycles. The van der Waals surface area contributed by atoms with Gasteiger partial charge in [0.05, 0.1) is 17.6 Å². The molecular formula is C25H28N4O2S2. The number of rotatable bonds is 10. The van der Waals surface area contributed by atoms with Crippen molar-refractivity contribution in [1.29, 1.82) is 0 Å². The molecule has 2 aromatic heterocycles. The lowest BCUT2D eigenvalue weighted by Gasteiger charge is -2.20. The summed E-state index contributed by atoms with van der Waals surface area (Å²) in [6.45, 7) is 8.17. The van der Waals surface area contributed by atoms with Crippen LogP contribution >= 0.6 is 23.1 Å². The number of thiazole rings is 1. The number of carbonyl (C=O) groups excluding carboxylic acids is 1. The van der Waals surface area contributed by atoms with Crippen LogP contribution in [0.2, 0.25) is 0 Å². The van der Waals surface area contributed by atoms with E-state index in [4.69, 9.17) is 9.72 Å². The molecule has 0 bridgehead atoms. The number of thioether (sulfide) groups is 1. The number of amides is 1. The Labute approximate surface area is 202 Å². The lowest BCUT2D eigenvalue weighted by Crippen LogP contribution is -2.32. The van der Waals surface area contributed by atoms with Crippen molar-refractivity contribution in [1.82, 2.24) is 14.5 Å². The molecule has 0 spiro atoms. The summed E-state index contributed by atoms with van der Waals surface area (Å²) in [5, 5.41) is 1.14. The Kier molecular flexibility index (Phi) is 7.67. The number of anilines is 1. The number of para-hydroxylation sites is 1. The zero-order valence-electron chi connectivity index (χ0n) is 19.1. The van der Waals surface area contributed by atoms with Crippen LogP contribution in [0.1, 0.15) is 37.6 Å². The number of aryl methyl sites for hydroxylation is 1. The Morgan fingerprint density at radius 3 is 2.85 bits per heavy atom. The van der Waals surface area contributed by atoms with Gasteiger partial charge < -0.3 is 9.30 Å². The highest BCUT2D eigenvalue weighted by atomic mass is 32.2. The monoisotopic (exact) mass is 480 g/mol. The number of imidazole rings is 1. The smallest absolute Gasteiger partial charge is 0.260 e. The van der Waals surface area contributed by atoms with Crippen molar-refractivity contribution in [2.24, 2.45) is 0 Å². The number of fused-ring (bicyclic) bond motifs is 1. The average Bonchev–Trinajstić information content (AvgIpc) is 3.46. The molecule has 0 radical (unpaired) electrons. The van der Waals surface area contributed by atoms with E-state index < -0.39 is 0 Å². The van der Waals surface area contributed by atoms with Gasteiger partial charge in [-0.15, -0.1) is 11.8 Å². The Morgan fingerprint density at radius 2 is 2.09 bits per heavy atom. The Bertz CT molecular complexity index is 1200. The molecule has 6 nitrogen and oxygen atoms in total. The van der Waals surface area contributed by atoms with Gasteiger partial charge in [0, 0.05) is 41.2 Å². The normalized spacial score (nSPS) is 11.3. The van der Waals surface area contributed by atoms with Gasteiger partial charge in [-0.3, -0.25) is 9.69 Å². The average molecular weight is 481 g/mol. The van der Waals surface area contributed by atoms with Gasteiger partial charge >= 0.3 is 0 Å². The van der Waals surface area contributed by atoms with Crippen LogP contribution < -0.4 is 9.64 Å². The van der Waals surface area contributed by atoms with Crippen molar-refractivity contribution in [3.8, 4) is 5.75 Å². The maximum absolute atomic E-state index is 13.7. The molecule has 2 heterocycles. The minimum Gasteiger partial charge on any atom is -0.492 e. The van der Waals surface area contributed by atoms with E-state index in [9.17, 15) is 4.79 Å². The van der Waals surface area contributed by atoms with Gasteiger partial charge in [-0.1, -0.05) is 37.3 Å². The van der Waals surface area contributed by atoms with Gasteiger partial charge in [0.2, 0.25) is 0 Å². The fraction of sp³-hybridized carbons (Fsp3) is 0.320. The van der Waals surface area contributed by atoms with Crippen LogP contribution in [0.4, 0.5) is 5.13 Å². The second-order valence-corrected chi connectivity index (χ2v) is 10.5. The molecule has 0 atom stereocenters.